The van der Waals surface area contributed by atoms with Gasteiger partial charge in [0.05, 0.1) is 13.5 Å². The quantitative estimate of drug-likeness (QED) is 0.770. The Kier molecular flexibility index (Phi) is 3.38. The minimum absolute atomic E-state index is 0.135. The summed E-state index contributed by atoms with van der Waals surface area (Å²) in [7, 11) is 0. The first-order chi connectivity index (χ1) is 7.20. The molecule has 4 heteroatoms. The van der Waals surface area contributed by atoms with Crippen LogP contribution in [0.1, 0.15) is 26.3 Å². The van der Waals surface area contributed by atoms with E-state index in [1.54, 1.807) is 11.3 Å². The van der Waals surface area contributed by atoms with Gasteiger partial charge in [0.2, 0.25) is 5.78 Å². The van der Waals surface area contributed by atoms with Crippen molar-refractivity contribution < 1.29 is 4.79 Å². The van der Waals surface area contributed by atoms with Crippen LogP contribution in [0, 0.1) is 0 Å². The predicted molar refractivity (Wildman–Crippen MR) is 69.1 cm³/mol. The van der Waals surface area contributed by atoms with Gasteiger partial charge in [0.25, 0.3) is 0 Å². The largest absolute Gasteiger partial charge is 0.287 e. The first-order valence-corrected chi connectivity index (χ1v) is 7.02. The first kappa shape index (κ1) is 11.0. The Bertz CT molecular complexity index is 484. The van der Waals surface area contributed by atoms with Gasteiger partial charge in [0.15, 0.2) is 0 Å². The SMILES string of the molecule is CCc1ccc(C(=O)c2ccc(Br)s2)s1. The second kappa shape index (κ2) is 4.60. The Morgan fingerprint density at radius 2 is 1.87 bits per heavy atom. The van der Waals surface area contributed by atoms with Crippen LogP contribution in [0.2, 0.25) is 0 Å². The third-order valence-electron chi connectivity index (χ3n) is 2.03. The smallest absolute Gasteiger partial charge is 0.212 e. The molecule has 0 fully saturated rings. The van der Waals surface area contributed by atoms with E-state index < -0.39 is 0 Å². The molecular weight excluding hydrogens is 292 g/mol. The number of aryl methyl sites for hydroxylation is 1. The Hall–Kier alpha value is -0.450. The predicted octanol–water partition coefficient (Wildman–Crippen LogP) is 4.37. The van der Waals surface area contributed by atoms with E-state index in [2.05, 4.69) is 22.9 Å². The summed E-state index contributed by atoms with van der Waals surface area (Å²) in [6.07, 6.45) is 0.992. The Labute approximate surface area is 105 Å². The van der Waals surface area contributed by atoms with Gasteiger partial charge >= 0.3 is 0 Å². The van der Waals surface area contributed by atoms with Crippen LogP contribution >= 0.6 is 38.6 Å². The summed E-state index contributed by atoms with van der Waals surface area (Å²) in [4.78, 5) is 14.9. The van der Waals surface area contributed by atoms with Crippen molar-refractivity contribution in [3.8, 4) is 0 Å². The number of rotatable bonds is 3. The lowest BCUT2D eigenvalue weighted by Crippen LogP contribution is -1.93. The number of ketones is 1. The third-order valence-corrected chi connectivity index (χ3v) is 4.88. The van der Waals surface area contributed by atoms with E-state index in [0.29, 0.717) is 0 Å². The maximum Gasteiger partial charge on any atom is 0.212 e. The molecule has 0 spiro atoms. The molecular formula is C11H9BrOS2. The summed E-state index contributed by atoms with van der Waals surface area (Å²) in [6.45, 7) is 2.10. The van der Waals surface area contributed by atoms with Crippen LogP contribution in [0.5, 0.6) is 0 Å². The molecule has 0 aliphatic heterocycles. The molecule has 78 valence electrons. The molecule has 0 aliphatic rings. The molecule has 0 bridgehead atoms. The van der Waals surface area contributed by atoms with E-state index in [1.165, 1.54) is 16.2 Å². The van der Waals surface area contributed by atoms with Crippen LogP contribution in [0.3, 0.4) is 0 Å². The molecule has 1 nitrogen and oxygen atoms in total. The molecule has 0 atom stereocenters. The van der Waals surface area contributed by atoms with Gasteiger partial charge in [-0.1, -0.05) is 6.92 Å². The van der Waals surface area contributed by atoms with Crippen molar-refractivity contribution in [3.63, 3.8) is 0 Å². The zero-order valence-corrected chi connectivity index (χ0v) is 11.3. The monoisotopic (exact) mass is 300 g/mol. The van der Waals surface area contributed by atoms with Gasteiger partial charge in [-0.05, 0) is 46.6 Å². The van der Waals surface area contributed by atoms with Gasteiger partial charge in [-0.3, -0.25) is 4.79 Å². The van der Waals surface area contributed by atoms with E-state index in [4.69, 9.17) is 0 Å². The number of halogens is 1. The molecule has 2 heterocycles. The van der Waals surface area contributed by atoms with E-state index in [9.17, 15) is 4.79 Å². The van der Waals surface area contributed by atoms with Gasteiger partial charge in [-0.25, -0.2) is 0 Å². The minimum atomic E-state index is 0.135. The van der Waals surface area contributed by atoms with Crippen molar-refractivity contribution in [1.29, 1.82) is 0 Å². The van der Waals surface area contributed by atoms with Crippen molar-refractivity contribution in [3.05, 3.63) is 42.7 Å². The van der Waals surface area contributed by atoms with Gasteiger partial charge in [-0.15, -0.1) is 22.7 Å². The number of carbonyl (C=O) groups is 1. The molecule has 2 rings (SSSR count). The molecule has 0 saturated heterocycles. The van der Waals surface area contributed by atoms with E-state index in [0.717, 1.165) is 20.0 Å². The lowest BCUT2D eigenvalue weighted by molar-refractivity contribution is 0.104. The van der Waals surface area contributed by atoms with Crippen LogP contribution in [0.4, 0.5) is 0 Å². The molecule has 0 aliphatic carbocycles. The van der Waals surface area contributed by atoms with E-state index >= 15 is 0 Å². The molecule has 0 radical (unpaired) electrons. The van der Waals surface area contributed by atoms with Crippen molar-refractivity contribution in [1.82, 2.24) is 0 Å². The molecule has 2 aromatic rings. The second-order valence-electron chi connectivity index (χ2n) is 3.05. The van der Waals surface area contributed by atoms with Gasteiger partial charge in [0.1, 0.15) is 0 Å². The zero-order valence-electron chi connectivity index (χ0n) is 8.12. The Balaban J connectivity index is 2.28. The van der Waals surface area contributed by atoms with Crippen LogP contribution in [0.25, 0.3) is 0 Å². The maximum atomic E-state index is 12.0. The Morgan fingerprint density at radius 1 is 1.20 bits per heavy atom. The zero-order chi connectivity index (χ0) is 10.8. The van der Waals surface area contributed by atoms with Crippen molar-refractivity contribution in [2.75, 3.05) is 0 Å². The lowest BCUT2D eigenvalue weighted by Gasteiger charge is -1.91. The van der Waals surface area contributed by atoms with Gasteiger partial charge < -0.3 is 0 Å². The summed E-state index contributed by atoms with van der Waals surface area (Å²) in [6, 6.07) is 7.72. The third kappa shape index (κ3) is 2.38. The number of hydrogen-bond acceptors (Lipinski definition) is 3. The summed E-state index contributed by atoms with van der Waals surface area (Å²) < 4.78 is 0.998. The first-order valence-electron chi connectivity index (χ1n) is 4.59. The summed E-state index contributed by atoms with van der Waals surface area (Å²) in [5, 5.41) is 0. The van der Waals surface area contributed by atoms with Crippen molar-refractivity contribution >= 4 is 44.4 Å². The van der Waals surface area contributed by atoms with E-state index in [-0.39, 0.29) is 5.78 Å². The maximum absolute atomic E-state index is 12.0. The summed E-state index contributed by atoms with van der Waals surface area (Å²) >= 11 is 6.43. The average molecular weight is 301 g/mol. The molecule has 0 aromatic carbocycles. The van der Waals surface area contributed by atoms with Crippen LogP contribution in [-0.2, 0) is 6.42 Å². The van der Waals surface area contributed by atoms with Gasteiger partial charge in [0, 0.05) is 4.88 Å². The fourth-order valence-corrected chi connectivity index (χ4v) is 3.55. The fraction of sp³-hybridized carbons (Fsp3) is 0.182. The highest BCUT2D eigenvalue weighted by molar-refractivity contribution is 9.11. The lowest BCUT2D eigenvalue weighted by atomic mass is 10.2. The molecule has 0 saturated carbocycles. The topological polar surface area (TPSA) is 17.1 Å². The van der Waals surface area contributed by atoms with Crippen molar-refractivity contribution in [2.45, 2.75) is 13.3 Å². The standard InChI is InChI=1S/C11H9BrOS2/c1-2-7-3-4-8(14-7)11(13)9-5-6-10(12)15-9/h3-6H,2H2,1H3. The average Bonchev–Trinajstić information content (AvgIpc) is 2.84. The van der Waals surface area contributed by atoms with E-state index in [1.807, 2.05) is 24.3 Å². The highest BCUT2D eigenvalue weighted by Crippen LogP contribution is 2.27. The molecule has 0 amide bonds. The highest BCUT2D eigenvalue weighted by atomic mass is 79.9. The molecule has 0 unspecified atom stereocenters. The van der Waals surface area contributed by atoms with Crippen LogP contribution in [-0.4, -0.2) is 5.78 Å². The summed E-state index contributed by atoms with van der Waals surface area (Å²) in [5.41, 5.74) is 0. The number of carbonyl (C=O) groups excluding carboxylic acids is 1. The van der Waals surface area contributed by atoms with Crippen molar-refractivity contribution in [2.24, 2.45) is 0 Å². The van der Waals surface area contributed by atoms with Crippen LogP contribution < -0.4 is 0 Å². The van der Waals surface area contributed by atoms with Crippen LogP contribution in [0.15, 0.2) is 28.1 Å². The summed E-state index contributed by atoms with van der Waals surface area (Å²) in [5.74, 6) is 0.135. The Morgan fingerprint density at radius 3 is 2.40 bits per heavy atom. The van der Waals surface area contributed by atoms with Gasteiger partial charge in [-0.2, -0.15) is 0 Å². The highest BCUT2D eigenvalue weighted by Gasteiger charge is 2.13. The minimum Gasteiger partial charge on any atom is -0.287 e. The fourth-order valence-electron chi connectivity index (χ4n) is 1.25. The number of thiophene rings is 2. The molecule has 15 heavy (non-hydrogen) atoms. The second-order valence-corrected chi connectivity index (χ2v) is 6.68. The molecule has 0 N–H and O–H groups in total. The normalized spacial score (nSPS) is 10.5. The molecule has 2 aromatic heterocycles. The number of hydrogen-bond donors (Lipinski definition) is 0.